The third-order valence-corrected chi connectivity index (χ3v) is 7.89. The molecule has 5 rings (SSSR count). The molecule has 0 bridgehead atoms. The summed E-state index contributed by atoms with van der Waals surface area (Å²) < 4.78 is 1.63. The summed E-state index contributed by atoms with van der Waals surface area (Å²) in [5.41, 5.74) is 3.35. The molecule has 3 aliphatic rings. The van der Waals surface area contributed by atoms with Crippen LogP contribution in [0.2, 0.25) is 0 Å². The number of nitrogens with one attached hydrogen (secondary N) is 2. The third kappa shape index (κ3) is 5.93. The molecule has 0 spiro atoms. The molecule has 11 nitrogen and oxygen atoms in total. The van der Waals surface area contributed by atoms with Gasteiger partial charge in [-0.1, -0.05) is 32.1 Å². The number of anilines is 1. The van der Waals surface area contributed by atoms with E-state index in [2.05, 4.69) is 20.9 Å². The monoisotopic (exact) mass is 537 g/mol. The Balaban J connectivity index is 1.27. The number of aryl methyl sites for hydroxylation is 1. The molecule has 2 aromatic rings. The molecule has 2 saturated heterocycles. The Morgan fingerprint density at radius 1 is 1.26 bits per heavy atom. The van der Waals surface area contributed by atoms with Crippen molar-refractivity contribution in [2.75, 3.05) is 31.1 Å². The van der Waals surface area contributed by atoms with Crippen molar-refractivity contribution in [1.82, 2.24) is 30.5 Å². The quantitative estimate of drug-likeness (QED) is 0.484. The normalized spacial score (nSPS) is 22.5. The number of rotatable bonds is 7. The average Bonchev–Trinajstić information content (AvgIpc) is 3.49. The van der Waals surface area contributed by atoms with E-state index in [4.69, 9.17) is 0 Å². The maximum absolute atomic E-state index is 13.9. The van der Waals surface area contributed by atoms with E-state index < -0.39 is 23.6 Å². The highest BCUT2D eigenvalue weighted by Crippen LogP contribution is 2.40. The summed E-state index contributed by atoms with van der Waals surface area (Å²) in [5.74, 6) is -0.106. The zero-order valence-corrected chi connectivity index (χ0v) is 23.2. The van der Waals surface area contributed by atoms with Gasteiger partial charge in [-0.15, -0.1) is 5.10 Å². The zero-order chi connectivity index (χ0) is 27.9. The number of aromatic nitrogens is 3. The molecular formula is C28H39N7O4. The number of hydrogen-bond donors (Lipinski definition) is 3. The number of hydrogen-bond acceptors (Lipinski definition) is 7. The van der Waals surface area contributed by atoms with Crippen LogP contribution in [-0.4, -0.2) is 81.0 Å². The van der Waals surface area contributed by atoms with Crippen molar-refractivity contribution in [3.05, 3.63) is 41.2 Å². The molecule has 1 saturated carbocycles. The van der Waals surface area contributed by atoms with Gasteiger partial charge in [-0.25, -0.2) is 4.68 Å². The van der Waals surface area contributed by atoms with Gasteiger partial charge >= 0.3 is 0 Å². The topological polar surface area (TPSA) is 133 Å². The van der Waals surface area contributed by atoms with Gasteiger partial charge < -0.3 is 25.5 Å². The summed E-state index contributed by atoms with van der Waals surface area (Å²) in [6.45, 7) is 9.99. The Kier molecular flexibility index (Phi) is 7.37. The van der Waals surface area contributed by atoms with Gasteiger partial charge in [0, 0.05) is 50.4 Å². The molecule has 3 N–H and O–H groups in total. The zero-order valence-electron chi connectivity index (χ0n) is 23.2. The van der Waals surface area contributed by atoms with Crippen molar-refractivity contribution in [2.24, 2.45) is 5.41 Å². The Morgan fingerprint density at radius 3 is 2.69 bits per heavy atom. The summed E-state index contributed by atoms with van der Waals surface area (Å²) >= 11 is 0. The molecule has 3 atom stereocenters. The van der Waals surface area contributed by atoms with Crippen LogP contribution >= 0.6 is 0 Å². The molecule has 1 aromatic carbocycles. The van der Waals surface area contributed by atoms with Crippen LogP contribution in [0.1, 0.15) is 68.8 Å². The van der Waals surface area contributed by atoms with E-state index in [1.165, 1.54) is 4.90 Å². The predicted molar refractivity (Wildman–Crippen MR) is 145 cm³/mol. The smallest absolute Gasteiger partial charge is 0.248 e. The van der Waals surface area contributed by atoms with E-state index in [9.17, 15) is 19.5 Å². The summed E-state index contributed by atoms with van der Waals surface area (Å²) in [5, 5.41) is 24.9. The third-order valence-electron chi connectivity index (χ3n) is 7.89. The minimum atomic E-state index is -0.772. The second kappa shape index (κ2) is 10.6. The minimum absolute atomic E-state index is 0.00830. The molecule has 0 unspecified atom stereocenters. The van der Waals surface area contributed by atoms with Gasteiger partial charge in [-0.3, -0.25) is 14.4 Å². The number of carbonyl (C=O) groups excluding carboxylic acids is 3. The first kappa shape index (κ1) is 27.1. The molecule has 210 valence electrons. The van der Waals surface area contributed by atoms with Gasteiger partial charge in [0.25, 0.3) is 0 Å². The van der Waals surface area contributed by atoms with Crippen LogP contribution in [0.15, 0.2) is 24.4 Å². The molecular weight excluding hydrogens is 498 g/mol. The Labute approximate surface area is 228 Å². The van der Waals surface area contributed by atoms with Gasteiger partial charge in [0.1, 0.15) is 12.1 Å². The number of aliphatic hydroxyl groups is 1. The fourth-order valence-corrected chi connectivity index (χ4v) is 5.56. The summed E-state index contributed by atoms with van der Waals surface area (Å²) in [4.78, 5) is 42.5. The standard InChI is InChI=1S/C28H39N7O4/c1-17-11-20(33-10-9-29-24(37)16-33)8-7-19(17)13-30-26(38)23-12-21(36)14-34(23)27(39)25(28(2,3)4)35-15-22(31-32-35)18-5-6-18/h7-8,11,15,18,21,23,25,36H,5-6,9-10,12-14,16H2,1-4H3,(H,29,37)(H,30,38)/t21-,23+,25-/m1/s1. The maximum atomic E-state index is 13.9. The molecule has 1 aromatic heterocycles. The van der Waals surface area contributed by atoms with Crippen molar-refractivity contribution in [3.8, 4) is 0 Å². The maximum Gasteiger partial charge on any atom is 0.248 e. The number of aliphatic hydroxyl groups excluding tert-OH is 1. The van der Waals surface area contributed by atoms with Crippen molar-refractivity contribution in [1.29, 1.82) is 0 Å². The fourth-order valence-electron chi connectivity index (χ4n) is 5.56. The number of benzene rings is 1. The number of carbonyl (C=O) groups is 3. The van der Waals surface area contributed by atoms with Crippen LogP contribution in [0.4, 0.5) is 5.69 Å². The summed E-state index contributed by atoms with van der Waals surface area (Å²) in [7, 11) is 0. The second-order valence-corrected chi connectivity index (χ2v) is 12.2. The molecule has 3 amide bonds. The van der Waals surface area contributed by atoms with Crippen LogP contribution in [0, 0.1) is 12.3 Å². The second-order valence-electron chi connectivity index (χ2n) is 12.2. The number of β-amino-alcohol motifs (C(OH)–C–C–N with tert-alkyl or cyclic N) is 1. The molecule has 1 aliphatic carbocycles. The average molecular weight is 538 g/mol. The molecule has 3 fully saturated rings. The molecule has 3 heterocycles. The molecule has 2 aliphatic heterocycles. The number of amides is 3. The SMILES string of the molecule is Cc1cc(N2CCNC(=O)C2)ccc1CNC(=O)[C@@H]1C[C@@H](O)CN1C(=O)[C@@H](n1cc(C2CC2)nn1)C(C)(C)C. The highest BCUT2D eigenvalue weighted by Gasteiger charge is 2.45. The van der Waals surface area contributed by atoms with E-state index in [0.717, 1.165) is 41.9 Å². The van der Waals surface area contributed by atoms with E-state index >= 15 is 0 Å². The fraction of sp³-hybridized carbons (Fsp3) is 0.607. The number of likely N-dealkylation sites (tertiary alicyclic amines) is 1. The van der Waals surface area contributed by atoms with Gasteiger partial charge in [-0.2, -0.15) is 0 Å². The summed E-state index contributed by atoms with van der Waals surface area (Å²) in [6, 6.07) is 4.53. The first-order chi connectivity index (χ1) is 18.5. The lowest BCUT2D eigenvalue weighted by Gasteiger charge is -2.34. The van der Waals surface area contributed by atoms with E-state index in [0.29, 0.717) is 25.6 Å². The van der Waals surface area contributed by atoms with E-state index in [1.807, 2.05) is 57.0 Å². The number of nitrogens with zero attached hydrogens (tertiary/aromatic N) is 5. The van der Waals surface area contributed by atoms with Crippen LogP contribution in [0.25, 0.3) is 0 Å². The minimum Gasteiger partial charge on any atom is -0.391 e. The van der Waals surface area contributed by atoms with Gasteiger partial charge in [0.05, 0.1) is 18.3 Å². The van der Waals surface area contributed by atoms with Gasteiger partial charge in [0.15, 0.2) is 0 Å². The Morgan fingerprint density at radius 2 is 2.03 bits per heavy atom. The van der Waals surface area contributed by atoms with E-state index in [1.54, 1.807) is 4.68 Å². The van der Waals surface area contributed by atoms with Crippen molar-refractivity contribution in [2.45, 2.75) is 77.6 Å². The molecule has 0 radical (unpaired) electrons. The Bertz CT molecular complexity index is 1250. The first-order valence-electron chi connectivity index (χ1n) is 13.8. The molecule has 11 heteroatoms. The van der Waals surface area contributed by atoms with Gasteiger partial charge in [0.2, 0.25) is 17.7 Å². The predicted octanol–water partition coefficient (Wildman–Crippen LogP) is 1.27. The van der Waals surface area contributed by atoms with Crippen molar-refractivity contribution >= 4 is 23.4 Å². The largest absolute Gasteiger partial charge is 0.391 e. The van der Waals surface area contributed by atoms with Crippen LogP contribution in [0.3, 0.4) is 0 Å². The van der Waals surface area contributed by atoms with Crippen molar-refractivity contribution in [3.63, 3.8) is 0 Å². The summed E-state index contributed by atoms with van der Waals surface area (Å²) in [6.07, 6.45) is 3.45. The highest BCUT2D eigenvalue weighted by atomic mass is 16.3. The van der Waals surface area contributed by atoms with Gasteiger partial charge in [-0.05, 0) is 48.4 Å². The number of piperazine rings is 1. The van der Waals surface area contributed by atoms with Crippen LogP contribution in [-0.2, 0) is 20.9 Å². The lowest BCUT2D eigenvalue weighted by Crippen LogP contribution is -2.50. The van der Waals surface area contributed by atoms with Crippen molar-refractivity contribution < 1.29 is 19.5 Å². The lowest BCUT2D eigenvalue weighted by atomic mass is 9.85. The Hall–Kier alpha value is -3.47. The van der Waals surface area contributed by atoms with Crippen LogP contribution < -0.4 is 15.5 Å². The highest BCUT2D eigenvalue weighted by molar-refractivity contribution is 5.90. The first-order valence-corrected chi connectivity index (χ1v) is 13.8. The lowest BCUT2D eigenvalue weighted by molar-refractivity contribution is -0.144. The van der Waals surface area contributed by atoms with Crippen LogP contribution in [0.5, 0.6) is 0 Å². The van der Waals surface area contributed by atoms with E-state index in [-0.39, 0.29) is 30.7 Å². The molecule has 39 heavy (non-hydrogen) atoms.